The molecule has 5 rings (SSSR count). The van der Waals surface area contributed by atoms with Crippen LogP contribution in [0.2, 0.25) is 0 Å². The van der Waals surface area contributed by atoms with E-state index in [4.69, 9.17) is 26.2 Å². The summed E-state index contributed by atoms with van der Waals surface area (Å²) in [5, 5.41) is 0. The molecule has 38 heavy (non-hydrogen) atoms. The molecule has 4 N–H and O–H groups in total. The molecule has 0 aliphatic carbocycles. The molecule has 0 fully saturated rings. The lowest BCUT2D eigenvalue weighted by Gasteiger charge is -2.21. The quantitative estimate of drug-likeness (QED) is 0.248. The highest BCUT2D eigenvalue weighted by atomic mass is 32.1. The monoisotopic (exact) mass is 527 g/mol. The van der Waals surface area contributed by atoms with Crippen molar-refractivity contribution in [2.45, 2.75) is 45.4 Å². The average Bonchev–Trinajstić information content (AvgIpc) is 3.25. The predicted molar refractivity (Wildman–Crippen MR) is 152 cm³/mol. The summed E-state index contributed by atoms with van der Waals surface area (Å²) in [5.74, 6) is 0.763. The zero-order valence-corrected chi connectivity index (χ0v) is 22.4. The fourth-order valence-electron chi connectivity index (χ4n) is 4.55. The summed E-state index contributed by atoms with van der Waals surface area (Å²) in [4.78, 5) is 15.0. The Morgan fingerprint density at radius 2 is 1.71 bits per heavy atom. The maximum Gasteiger partial charge on any atom is 0.160 e. The Labute approximate surface area is 225 Å². The molecule has 0 aliphatic rings. The van der Waals surface area contributed by atoms with Crippen molar-refractivity contribution < 1.29 is 9.13 Å². The highest BCUT2D eigenvalue weighted by molar-refractivity contribution is 7.19. The summed E-state index contributed by atoms with van der Waals surface area (Å²) in [6.07, 6.45) is 3.92. The van der Waals surface area contributed by atoms with Crippen molar-refractivity contribution >= 4 is 21.6 Å². The van der Waals surface area contributed by atoms with Crippen LogP contribution in [0.1, 0.15) is 36.0 Å². The number of hydrogen-bond donors (Lipinski definition) is 2. The fourth-order valence-corrected chi connectivity index (χ4v) is 5.70. The SMILES string of the molecule is Cc1sc2c(C(N)C(N)Cc3ccccc3)nc(-c3ccncc3)nc2c1-c1cc(F)ccc1OC(C)C. The first kappa shape index (κ1) is 25.9. The van der Waals surface area contributed by atoms with E-state index in [0.29, 0.717) is 34.8 Å². The molecule has 0 radical (unpaired) electrons. The Bertz CT molecular complexity index is 1560. The second kappa shape index (κ2) is 10.9. The van der Waals surface area contributed by atoms with Crippen LogP contribution in [-0.4, -0.2) is 27.1 Å². The summed E-state index contributed by atoms with van der Waals surface area (Å²) in [6, 6.07) is 17.4. The van der Waals surface area contributed by atoms with E-state index in [2.05, 4.69) is 4.98 Å². The fraction of sp³-hybridized carbons (Fsp3) is 0.233. The minimum absolute atomic E-state index is 0.0774. The Balaban J connectivity index is 1.71. The van der Waals surface area contributed by atoms with Gasteiger partial charge in [0, 0.05) is 40.0 Å². The number of thiophene rings is 1. The van der Waals surface area contributed by atoms with Gasteiger partial charge in [-0.05, 0) is 63.1 Å². The molecule has 5 aromatic rings. The van der Waals surface area contributed by atoms with Gasteiger partial charge >= 0.3 is 0 Å². The van der Waals surface area contributed by atoms with Crippen LogP contribution in [0, 0.1) is 12.7 Å². The van der Waals surface area contributed by atoms with E-state index in [1.807, 2.05) is 63.2 Å². The third-order valence-corrected chi connectivity index (χ3v) is 7.46. The standard InChI is InChI=1S/C30H30FN5OS/c1-17(2)37-24-10-9-21(31)16-22(24)25-18(3)38-29-27(25)35-30(20-11-13-34-14-12-20)36-28(29)26(33)23(32)15-19-7-5-4-6-8-19/h4-14,16-17,23,26H,15,32-33H2,1-3H3. The molecule has 6 nitrogen and oxygen atoms in total. The maximum absolute atomic E-state index is 14.5. The number of halogens is 1. The predicted octanol–water partition coefficient (Wildman–Crippen LogP) is 6.22. The first-order chi connectivity index (χ1) is 18.3. The van der Waals surface area contributed by atoms with Crippen molar-refractivity contribution in [3.05, 3.63) is 95.0 Å². The number of nitrogens with zero attached hydrogens (tertiary/aromatic N) is 3. The van der Waals surface area contributed by atoms with Gasteiger partial charge < -0.3 is 16.2 Å². The Hall–Kier alpha value is -3.72. The minimum atomic E-state index is -0.550. The molecular weight excluding hydrogens is 497 g/mol. The Morgan fingerprint density at radius 1 is 0.974 bits per heavy atom. The number of aromatic nitrogens is 3. The van der Waals surface area contributed by atoms with E-state index in [-0.39, 0.29) is 18.0 Å². The first-order valence-corrected chi connectivity index (χ1v) is 13.4. The molecule has 194 valence electrons. The van der Waals surface area contributed by atoms with Crippen LogP contribution in [0.3, 0.4) is 0 Å². The maximum atomic E-state index is 14.5. The number of aryl methyl sites for hydroxylation is 1. The Morgan fingerprint density at radius 3 is 2.42 bits per heavy atom. The van der Waals surface area contributed by atoms with Gasteiger partial charge in [-0.2, -0.15) is 0 Å². The van der Waals surface area contributed by atoms with Gasteiger partial charge in [0.25, 0.3) is 0 Å². The lowest BCUT2D eigenvalue weighted by atomic mass is 9.97. The lowest BCUT2D eigenvalue weighted by Crippen LogP contribution is -2.36. The second-order valence-corrected chi connectivity index (χ2v) is 10.8. The zero-order valence-electron chi connectivity index (χ0n) is 21.6. The van der Waals surface area contributed by atoms with E-state index in [9.17, 15) is 4.39 Å². The molecule has 8 heteroatoms. The van der Waals surface area contributed by atoms with Crippen LogP contribution in [-0.2, 0) is 6.42 Å². The van der Waals surface area contributed by atoms with Crippen molar-refractivity contribution in [1.29, 1.82) is 0 Å². The van der Waals surface area contributed by atoms with Crippen molar-refractivity contribution in [1.82, 2.24) is 15.0 Å². The number of nitrogens with two attached hydrogens (primary N) is 2. The van der Waals surface area contributed by atoms with Gasteiger partial charge in [-0.25, -0.2) is 14.4 Å². The van der Waals surface area contributed by atoms with Crippen LogP contribution >= 0.6 is 11.3 Å². The highest BCUT2D eigenvalue weighted by Gasteiger charge is 2.26. The van der Waals surface area contributed by atoms with E-state index in [1.165, 1.54) is 23.5 Å². The van der Waals surface area contributed by atoms with Crippen LogP contribution in [0.15, 0.2) is 73.1 Å². The van der Waals surface area contributed by atoms with Gasteiger partial charge in [0.15, 0.2) is 5.82 Å². The van der Waals surface area contributed by atoms with Crippen molar-refractivity contribution in [3.8, 4) is 28.3 Å². The molecule has 3 aromatic heterocycles. The highest BCUT2D eigenvalue weighted by Crippen LogP contribution is 2.44. The van der Waals surface area contributed by atoms with Gasteiger partial charge in [-0.15, -0.1) is 11.3 Å². The van der Waals surface area contributed by atoms with Crippen molar-refractivity contribution in [2.75, 3.05) is 0 Å². The average molecular weight is 528 g/mol. The van der Waals surface area contributed by atoms with Crippen molar-refractivity contribution in [3.63, 3.8) is 0 Å². The van der Waals surface area contributed by atoms with E-state index in [1.54, 1.807) is 18.5 Å². The number of pyridine rings is 1. The molecule has 2 unspecified atom stereocenters. The van der Waals surface area contributed by atoms with Crippen LogP contribution < -0.4 is 16.2 Å². The summed E-state index contributed by atoms with van der Waals surface area (Å²) in [6.45, 7) is 5.89. The Kier molecular flexibility index (Phi) is 7.46. The first-order valence-electron chi connectivity index (χ1n) is 12.5. The van der Waals surface area contributed by atoms with Gasteiger partial charge in [0.1, 0.15) is 11.6 Å². The van der Waals surface area contributed by atoms with Gasteiger partial charge in [-0.1, -0.05) is 30.3 Å². The van der Waals surface area contributed by atoms with Crippen LogP contribution in [0.25, 0.3) is 32.7 Å². The van der Waals surface area contributed by atoms with E-state index >= 15 is 0 Å². The number of fused-ring (bicyclic) bond motifs is 1. The normalized spacial score (nSPS) is 13.1. The van der Waals surface area contributed by atoms with Gasteiger partial charge in [0.05, 0.1) is 28.1 Å². The second-order valence-electron chi connectivity index (χ2n) is 9.57. The summed E-state index contributed by atoms with van der Waals surface area (Å²) in [7, 11) is 0. The van der Waals surface area contributed by atoms with Gasteiger partial charge in [0.2, 0.25) is 0 Å². The topological polar surface area (TPSA) is 99.9 Å². The molecule has 0 saturated carbocycles. The van der Waals surface area contributed by atoms with Crippen molar-refractivity contribution in [2.24, 2.45) is 11.5 Å². The lowest BCUT2D eigenvalue weighted by molar-refractivity contribution is 0.243. The summed E-state index contributed by atoms with van der Waals surface area (Å²) < 4.78 is 21.5. The number of benzene rings is 2. The summed E-state index contributed by atoms with van der Waals surface area (Å²) >= 11 is 1.54. The molecule has 0 saturated heterocycles. The smallest absolute Gasteiger partial charge is 0.160 e. The molecule has 2 aromatic carbocycles. The van der Waals surface area contributed by atoms with Crippen LogP contribution in [0.4, 0.5) is 4.39 Å². The number of rotatable bonds is 8. The van der Waals surface area contributed by atoms with E-state index < -0.39 is 6.04 Å². The molecular formula is C30H30FN5OS. The number of hydrogen-bond acceptors (Lipinski definition) is 7. The molecule has 0 aliphatic heterocycles. The molecule has 0 bridgehead atoms. The molecule has 0 spiro atoms. The molecule has 3 heterocycles. The minimum Gasteiger partial charge on any atom is -0.490 e. The van der Waals surface area contributed by atoms with E-state index in [0.717, 1.165) is 26.3 Å². The zero-order chi connectivity index (χ0) is 26.8. The van der Waals surface area contributed by atoms with Crippen LogP contribution in [0.5, 0.6) is 5.75 Å². The molecule has 2 atom stereocenters. The molecule has 0 amide bonds. The third kappa shape index (κ3) is 5.29. The third-order valence-electron chi connectivity index (χ3n) is 6.34. The largest absolute Gasteiger partial charge is 0.490 e. The van der Waals surface area contributed by atoms with Gasteiger partial charge in [-0.3, -0.25) is 4.98 Å². The summed E-state index contributed by atoms with van der Waals surface area (Å²) in [5.41, 5.74) is 18.2. The number of ether oxygens (including phenoxy) is 1.